The molecule has 0 fully saturated rings. The van der Waals surface area contributed by atoms with Gasteiger partial charge >= 0.3 is 5.97 Å². The molecular weight excluding hydrogens is 500 g/mol. The second-order valence-electron chi connectivity index (χ2n) is 8.10. The van der Waals surface area contributed by atoms with Gasteiger partial charge in [0, 0.05) is 23.2 Å². The first-order chi connectivity index (χ1) is 15.0. The number of carbonyl (C=O) groups excluding carboxylic acids is 2. The van der Waals surface area contributed by atoms with Crippen LogP contribution in [0.15, 0.2) is 45.8 Å². The van der Waals surface area contributed by atoms with Gasteiger partial charge in [0.05, 0.1) is 10.2 Å². The van der Waals surface area contributed by atoms with Crippen LogP contribution in [0.1, 0.15) is 36.7 Å². The highest BCUT2D eigenvalue weighted by Crippen LogP contribution is 2.27. The van der Waals surface area contributed by atoms with E-state index in [1.165, 1.54) is 12.3 Å². The Kier molecular flexibility index (Phi) is 6.90. The van der Waals surface area contributed by atoms with E-state index in [2.05, 4.69) is 26.2 Å². The van der Waals surface area contributed by atoms with Gasteiger partial charge < -0.3 is 15.8 Å². The minimum absolute atomic E-state index is 0.165. The number of nitrogens with zero attached hydrogens (tertiary/aromatic N) is 2. The number of nitrogen functional groups attached to an aromatic ring is 1. The second-order valence-corrected chi connectivity index (χ2v) is 9.39. The largest absolute Gasteiger partial charge is 0.459 e. The lowest BCUT2D eigenvalue weighted by atomic mass is 10.1. The summed E-state index contributed by atoms with van der Waals surface area (Å²) in [4.78, 5) is 42.7. The Hall–Kier alpha value is -2.91. The molecule has 10 heteroatoms. The highest BCUT2D eigenvalue weighted by atomic mass is 79.9. The van der Waals surface area contributed by atoms with E-state index in [0.29, 0.717) is 20.6 Å². The normalized spacial score (nSPS) is 11.4. The Morgan fingerprint density at radius 3 is 2.53 bits per heavy atom. The molecule has 3 rings (SSSR count). The van der Waals surface area contributed by atoms with Crippen molar-refractivity contribution in [1.29, 1.82) is 0 Å². The number of pyridine rings is 2. The number of ether oxygens (including phenoxy) is 1. The molecule has 168 valence electrons. The Labute approximate surface area is 197 Å². The van der Waals surface area contributed by atoms with Gasteiger partial charge in [0.25, 0.3) is 11.5 Å². The first kappa shape index (κ1) is 23.7. The number of fused-ring (bicyclic) bond motifs is 1. The maximum Gasteiger partial charge on any atom is 0.326 e. The maximum absolute atomic E-state index is 13.2. The first-order valence-electron chi connectivity index (χ1n) is 9.68. The highest BCUT2D eigenvalue weighted by molar-refractivity contribution is 9.10. The monoisotopic (exact) mass is 520 g/mol. The van der Waals surface area contributed by atoms with Gasteiger partial charge in [0.15, 0.2) is 0 Å². The molecule has 2 heterocycles. The average Bonchev–Trinajstić information content (AvgIpc) is 2.70. The van der Waals surface area contributed by atoms with E-state index >= 15 is 0 Å². The smallest absolute Gasteiger partial charge is 0.326 e. The van der Waals surface area contributed by atoms with Crippen molar-refractivity contribution in [3.05, 3.63) is 67.5 Å². The van der Waals surface area contributed by atoms with Crippen LogP contribution in [0.2, 0.25) is 5.02 Å². The van der Waals surface area contributed by atoms with E-state index in [4.69, 9.17) is 22.1 Å². The van der Waals surface area contributed by atoms with Crippen molar-refractivity contribution in [2.24, 2.45) is 0 Å². The average molecular weight is 522 g/mol. The van der Waals surface area contributed by atoms with Crippen molar-refractivity contribution >= 4 is 56.1 Å². The molecule has 1 amide bonds. The number of hydrogen-bond donors (Lipinski definition) is 2. The van der Waals surface area contributed by atoms with Crippen molar-refractivity contribution < 1.29 is 14.3 Å². The molecule has 1 aromatic carbocycles. The predicted octanol–water partition coefficient (Wildman–Crippen LogP) is 3.67. The van der Waals surface area contributed by atoms with Crippen molar-refractivity contribution in [2.75, 3.05) is 5.73 Å². The summed E-state index contributed by atoms with van der Waals surface area (Å²) in [5.41, 5.74) is 5.85. The number of hydrogen-bond acceptors (Lipinski definition) is 6. The van der Waals surface area contributed by atoms with E-state index in [1.807, 2.05) is 0 Å². The lowest BCUT2D eigenvalue weighted by Gasteiger charge is -2.20. The fourth-order valence-electron chi connectivity index (χ4n) is 3.00. The van der Waals surface area contributed by atoms with Crippen LogP contribution in [0.5, 0.6) is 0 Å². The molecule has 8 nitrogen and oxygen atoms in total. The molecule has 3 N–H and O–H groups in total. The Bertz CT molecular complexity index is 1250. The zero-order valence-electron chi connectivity index (χ0n) is 17.7. The summed E-state index contributed by atoms with van der Waals surface area (Å²) in [6.07, 6.45) is 1.43. The molecule has 0 bridgehead atoms. The SMILES string of the molecule is CC(C)(C)OC(=O)Cn1c(=O)c(C(=O)NCc2ccc(Cl)cc2)cc2c(N)c(Br)cnc21. The molecule has 3 aromatic rings. The quantitative estimate of drug-likeness (QED) is 0.495. The lowest BCUT2D eigenvalue weighted by Crippen LogP contribution is -2.36. The van der Waals surface area contributed by atoms with Gasteiger partial charge in [-0.2, -0.15) is 0 Å². The number of carbonyl (C=O) groups is 2. The van der Waals surface area contributed by atoms with Crippen LogP contribution >= 0.6 is 27.5 Å². The van der Waals surface area contributed by atoms with Gasteiger partial charge in [-0.1, -0.05) is 23.7 Å². The Morgan fingerprint density at radius 2 is 1.91 bits per heavy atom. The fraction of sp³-hybridized carbons (Fsp3) is 0.273. The minimum Gasteiger partial charge on any atom is -0.459 e. The third-order valence-corrected chi connectivity index (χ3v) is 5.31. The van der Waals surface area contributed by atoms with Crippen molar-refractivity contribution in [3.8, 4) is 0 Å². The van der Waals surface area contributed by atoms with Crippen molar-refractivity contribution in [3.63, 3.8) is 0 Å². The van der Waals surface area contributed by atoms with Crippen molar-refractivity contribution in [2.45, 2.75) is 39.5 Å². The summed E-state index contributed by atoms with van der Waals surface area (Å²) >= 11 is 9.18. The Morgan fingerprint density at radius 1 is 1.25 bits per heavy atom. The molecule has 0 spiro atoms. The van der Waals surface area contributed by atoms with E-state index in [-0.39, 0.29) is 17.8 Å². The molecule has 0 atom stereocenters. The number of nitrogens with two attached hydrogens (primary N) is 1. The standard InChI is InChI=1S/C22H22BrClN4O4/c1-22(2,3)32-17(29)11-28-19-14(18(25)16(23)10-26-19)8-15(21(28)31)20(30)27-9-12-4-6-13(24)7-5-12/h4-8,10H,9,11H2,1-3H3,(H2,25,26)(H,27,30). The molecule has 0 aliphatic rings. The van der Waals surface area contributed by atoms with Gasteiger partial charge in [-0.25, -0.2) is 4.98 Å². The maximum atomic E-state index is 13.2. The van der Waals surface area contributed by atoms with Crippen LogP contribution in [0.3, 0.4) is 0 Å². The molecule has 0 aliphatic carbocycles. The van der Waals surface area contributed by atoms with Crippen LogP contribution in [0.25, 0.3) is 11.0 Å². The summed E-state index contributed by atoms with van der Waals surface area (Å²) in [5, 5.41) is 3.65. The molecule has 0 unspecified atom stereocenters. The molecule has 0 saturated heterocycles. The molecule has 0 aliphatic heterocycles. The molecule has 32 heavy (non-hydrogen) atoms. The molecular formula is C22H22BrClN4O4. The third-order valence-electron chi connectivity index (χ3n) is 4.43. The van der Waals surface area contributed by atoms with E-state index < -0.39 is 29.6 Å². The van der Waals surface area contributed by atoms with E-state index in [9.17, 15) is 14.4 Å². The van der Waals surface area contributed by atoms with Crippen LogP contribution in [0, 0.1) is 0 Å². The summed E-state index contributed by atoms with van der Waals surface area (Å²) in [6.45, 7) is 4.93. The van der Waals surface area contributed by atoms with Gasteiger partial charge in [-0.05, 0) is 60.5 Å². The van der Waals surface area contributed by atoms with Crippen LogP contribution in [-0.2, 0) is 22.6 Å². The zero-order valence-corrected chi connectivity index (χ0v) is 20.1. The molecule has 0 radical (unpaired) electrons. The number of halogens is 2. The van der Waals surface area contributed by atoms with Crippen LogP contribution < -0.4 is 16.6 Å². The summed E-state index contributed by atoms with van der Waals surface area (Å²) in [6, 6.07) is 8.33. The van der Waals surface area contributed by atoms with Crippen LogP contribution in [-0.4, -0.2) is 27.0 Å². The lowest BCUT2D eigenvalue weighted by molar-refractivity contribution is -0.155. The van der Waals surface area contributed by atoms with Crippen molar-refractivity contribution in [1.82, 2.24) is 14.9 Å². The second kappa shape index (κ2) is 9.30. The number of rotatable bonds is 5. The highest BCUT2D eigenvalue weighted by Gasteiger charge is 2.22. The van der Waals surface area contributed by atoms with E-state index in [1.54, 1.807) is 45.0 Å². The molecule has 0 saturated carbocycles. The first-order valence-corrected chi connectivity index (χ1v) is 10.9. The number of aromatic nitrogens is 2. The summed E-state index contributed by atoms with van der Waals surface area (Å²) < 4.78 is 6.94. The number of benzene rings is 1. The zero-order chi connectivity index (χ0) is 23.6. The fourth-order valence-corrected chi connectivity index (χ4v) is 3.45. The topological polar surface area (TPSA) is 116 Å². The van der Waals surface area contributed by atoms with Gasteiger partial charge in [-0.3, -0.25) is 19.0 Å². The number of nitrogens with one attached hydrogen (secondary N) is 1. The van der Waals surface area contributed by atoms with E-state index in [0.717, 1.165) is 10.1 Å². The van der Waals surface area contributed by atoms with Crippen LogP contribution in [0.4, 0.5) is 5.69 Å². The number of amides is 1. The number of anilines is 1. The predicted molar refractivity (Wildman–Crippen MR) is 127 cm³/mol. The number of esters is 1. The van der Waals surface area contributed by atoms with Gasteiger partial charge in [-0.15, -0.1) is 0 Å². The minimum atomic E-state index is -0.737. The summed E-state index contributed by atoms with van der Waals surface area (Å²) in [7, 11) is 0. The summed E-state index contributed by atoms with van der Waals surface area (Å²) in [5.74, 6) is -1.24. The van der Waals surface area contributed by atoms with Gasteiger partial charge in [0.2, 0.25) is 0 Å². The Balaban J connectivity index is 2.02. The molecule has 2 aromatic heterocycles. The third kappa shape index (κ3) is 5.46. The van der Waals surface area contributed by atoms with Gasteiger partial charge in [0.1, 0.15) is 23.4 Å².